The average Bonchev–Trinajstić information content (AvgIpc) is 2.92. The van der Waals surface area contributed by atoms with E-state index in [1.807, 2.05) is 36.1 Å². The molecule has 1 N–H and O–H groups in total. The zero-order chi connectivity index (χ0) is 19.4. The van der Waals surface area contributed by atoms with Crippen LogP contribution in [0.1, 0.15) is 11.1 Å². The van der Waals surface area contributed by atoms with E-state index < -0.39 is 0 Å². The van der Waals surface area contributed by atoms with Crippen LogP contribution in [-0.2, 0) is 14.3 Å². The molecule has 0 unspecified atom stereocenters. The van der Waals surface area contributed by atoms with Crippen molar-refractivity contribution >= 4 is 17.4 Å². The van der Waals surface area contributed by atoms with Crippen LogP contribution in [0.15, 0.2) is 30.0 Å². The molecule has 0 saturated carbocycles. The van der Waals surface area contributed by atoms with E-state index in [0.717, 1.165) is 24.2 Å². The minimum absolute atomic E-state index is 0.125. The van der Waals surface area contributed by atoms with Crippen LogP contribution in [0.25, 0.3) is 5.57 Å². The molecule has 1 saturated heterocycles. The van der Waals surface area contributed by atoms with Crippen molar-refractivity contribution in [3.63, 3.8) is 0 Å². The molecule has 2 aliphatic rings. The van der Waals surface area contributed by atoms with Gasteiger partial charge in [-0.25, -0.2) is 0 Å². The third-order valence-corrected chi connectivity index (χ3v) is 5.11. The number of aryl methyl sites for hydroxylation is 1. The summed E-state index contributed by atoms with van der Waals surface area (Å²) in [5.41, 5.74) is 2.84. The van der Waals surface area contributed by atoms with Crippen LogP contribution in [-0.4, -0.2) is 91.2 Å². The summed E-state index contributed by atoms with van der Waals surface area (Å²) in [7, 11) is 1.56. The Labute approximate surface area is 159 Å². The first-order valence-electron chi connectivity index (χ1n) is 9.31. The predicted octanol–water partition coefficient (Wildman–Crippen LogP) is 0.331. The third kappa shape index (κ3) is 4.05. The maximum atomic E-state index is 13.1. The lowest BCUT2D eigenvalue weighted by molar-refractivity contribution is -0.138. The second-order valence-electron chi connectivity index (χ2n) is 6.90. The van der Waals surface area contributed by atoms with Crippen LogP contribution in [0.3, 0.4) is 0 Å². The fraction of sp³-hybridized carbons (Fsp3) is 0.500. The maximum absolute atomic E-state index is 13.1. The number of rotatable bonds is 7. The Morgan fingerprint density at radius 2 is 1.67 bits per heavy atom. The highest BCUT2D eigenvalue weighted by Crippen LogP contribution is 2.32. The summed E-state index contributed by atoms with van der Waals surface area (Å²) in [6.45, 7) is 6.13. The molecule has 27 heavy (non-hydrogen) atoms. The number of carbonyl (C=O) groups excluding carboxylic acids is 2. The standard InChI is InChI=1S/C20H27N3O4/c1-15-3-5-16(6-4-15)17-18(20(26)23(19(17)25)12-14-27-2)22-9-7-21(8-10-22)11-13-24/h3-6,24H,7-14H2,1-2H3. The quantitative estimate of drug-likeness (QED) is 0.695. The Balaban J connectivity index is 1.92. The van der Waals surface area contributed by atoms with Gasteiger partial charge in [0.2, 0.25) is 0 Å². The maximum Gasteiger partial charge on any atom is 0.277 e. The van der Waals surface area contributed by atoms with Crippen molar-refractivity contribution in [1.82, 2.24) is 14.7 Å². The van der Waals surface area contributed by atoms with Crippen molar-refractivity contribution < 1.29 is 19.4 Å². The van der Waals surface area contributed by atoms with Crippen LogP contribution >= 0.6 is 0 Å². The monoisotopic (exact) mass is 373 g/mol. The average molecular weight is 373 g/mol. The molecule has 2 heterocycles. The number of aliphatic hydroxyl groups is 1. The first-order valence-corrected chi connectivity index (χ1v) is 9.31. The van der Waals surface area contributed by atoms with Crippen LogP contribution in [0, 0.1) is 6.92 Å². The van der Waals surface area contributed by atoms with Gasteiger partial charge in [0.15, 0.2) is 0 Å². The Kier molecular flexibility index (Phi) is 6.26. The van der Waals surface area contributed by atoms with Gasteiger partial charge in [0.25, 0.3) is 11.8 Å². The zero-order valence-corrected chi connectivity index (χ0v) is 16.0. The molecule has 0 atom stereocenters. The van der Waals surface area contributed by atoms with Crippen LogP contribution < -0.4 is 0 Å². The van der Waals surface area contributed by atoms with Gasteiger partial charge >= 0.3 is 0 Å². The Morgan fingerprint density at radius 3 is 2.26 bits per heavy atom. The smallest absolute Gasteiger partial charge is 0.277 e. The summed E-state index contributed by atoms with van der Waals surface area (Å²) in [5, 5.41) is 9.12. The molecule has 0 spiro atoms. The first kappa shape index (κ1) is 19.5. The van der Waals surface area contributed by atoms with Crippen molar-refractivity contribution in [3.05, 3.63) is 41.1 Å². The van der Waals surface area contributed by atoms with Gasteiger partial charge in [-0.3, -0.25) is 19.4 Å². The largest absolute Gasteiger partial charge is 0.395 e. The molecule has 1 fully saturated rings. The highest BCUT2D eigenvalue weighted by molar-refractivity contribution is 6.35. The van der Waals surface area contributed by atoms with Crippen LogP contribution in [0.5, 0.6) is 0 Å². The van der Waals surface area contributed by atoms with E-state index >= 15 is 0 Å². The molecule has 7 nitrogen and oxygen atoms in total. The van der Waals surface area contributed by atoms with Gasteiger partial charge in [-0.15, -0.1) is 0 Å². The van der Waals surface area contributed by atoms with Crippen molar-refractivity contribution in [2.45, 2.75) is 6.92 Å². The molecule has 1 aromatic rings. The molecule has 0 bridgehead atoms. The molecule has 2 amide bonds. The van der Waals surface area contributed by atoms with E-state index in [0.29, 0.717) is 37.5 Å². The topological polar surface area (TPSA) is 73.3 Å². The van der Waals surface area contributed by atoms with Gasteiger partial charge < -0.3 is 14.7 Å². The number of methoxy groups -OCH3 is 1. The van der Waals surface area contributed by atoms with Gasteiger partial charge in [-0.05, 0) is 12.5 Å². The van der Waals surface area contributed by atoms with Crippen LogP contribution in [0.2, 0.25) is 0 Å². The minimum Gasteiger partial charge on any atom is -0.395 e. The fourth-order valence-corrected chi connectivity index (χ4v) is 3.56. The van der Waals surface area contributed by atoms with Crippen molar-refractivity contribution in [2.75, 3.05) is 59.6 Å². The fourth-order valence-electron chi connectivity index (χ4n) is 3.56. The van der Waals surface area contributed by atoms with Crippen molar-refractivity contribution in [1.29, 1.82) is 0 Å². The summed E-state index contributed by atoms with van der Waals surface area (Å²) in [4.78, 5) is 31.6. The van der Waals surface area contributed by atoms with Crippen molar-refractivity contribution in [2.24, 2.45) is 0 Å². The van der Waals surface area contributed by atoms with Gasteiger partial charge in [-0.1, -0.05) is 29.8 Å². The summed E-state index contributed by atoms with van der Waals surface area (Å²) in [5.74, 6) is -0.503. The molecule has 7 heteroatoms. The zero-order valence-electron chi connectivity index (χ0n) is 16.0. The normalized spacial score (nSPS) is 18.8. The molecule has 146 valence electrons. The lowest BCUT2D eigenvalue weighted by Gasteiger charge is -2.36. The number of imide groups is 1. The van der Waals surface area contributed by atoms with Crippen molar-refractivity contribution in [3.8, 4) is 0 Å². The second kappa shape index (κ2) is 8.65. The number of hydrogen-bond acceptors (Lipinski definition) is 6. The number of hydrogen-bond donors (Lipinski definition) is 1. The molecule has 0 aromatic heterocycles. The minimum atomic E-state index is -0.256. The molecule has 3 rings (SSSR count). The Morgan fingerprint density at radius 1 is 1.00 bits per heavy atom. The molecule has 2 aliphatic heterocycles. The number of nitrogens with zero attached hydrogens (tertiary/aromatic N) is 3. The van der Waals surface area contributed by atoms with E-state index in [4.69, 9.17) is 9.84 Å². The number of benzene rings is 1. The Bertz CT molecular complexity index is 721. The molecule has 0 radical (unpaired) electrons. The molecule has 1 aromatic carbocycles. The van der Waals surface area contributed by atoms with E-state index in [1.165, 1.54) is 4.90 Å². The Hall–Kier alpha value is -2.22. The predicted molar refractivity (Wildman–Crippen MR) is 102 cm³/mol. The number of piperazine rings is 1. The van der Waals surface area contributed by atoms with E-state index in [9.17, 15) is 9.59 Å². The summed E-state index contributed by atoms with van der Waals surface area (Å²) < 4.78 is 5.07. The van der Waals surface area contributed by atoms with Gasteiger partial charge in [0, 0.05) is 39.8 Å². The van der Waals surface area contributed by atoms with Crippen LogP contribution in [0.4, 0.5) is 0 Å². The third-order valence-electron chi connectivity index (χ3n) is 5.11. The highest BCUT2D eigenvalue weighted by Gasteiger charge is 2.41. The number of aliphatic hydroxyl groups excluding tert-OH is 1. The molecular weight excluding hydrogens is 346 g/mol. The molecular formula is C20H27N3O4. The lowest BCUT2D eigenvalue weighted by Crippen LogP contribution is -2.48. The van der Waals surface area contributed by atoms with Gasteiger partial charge in [0.05, 0.1) is 25.3 Å². The second-order valence-corrected chi connectivity index (χ2v) is 6.90. The number of carbonyl (C=O) groups is 2. The summed E-state index contributed by atoms with van der Waals surface area (Å²) in [6, 6.07) is 7.71. The number of amides is 2. The van der Waals surface area contributed by atoms with E-state index in [1.54, 1.807) is 7.11 Å². The van der Waals surface area contributed by atoms with E-state index in [2.05, 4.69) is 4.90 Å². The number of ether oxygens (including phenoxy) is 1. The number of β-amino-alcohol motifs (C(OH)–C–C–N with tert-alkyl or cyclic N) is 1. The first-order chi connectivity index (χ1) is 13.1. The van der Waals surface area contributed by atoms with Gasteiger partial charge in [-0.2, -0.15) is 0 Å². The lowest BCUT2D eigenvalue weighted by atomic mass is 10.0. The van der Waals surface area contributed by atoms with E-state index in [-0.39, 0.29) is 25.0 Å². The highest BCUT2D eigenvalue weighted by atomic mass is 16.5. The van der Waals surface area contributed by atoms with Gasteiger partial charge in [0.1, 0.15) is 5.70 Å². The SMILES string of the molecule is COCCN1C(=O)C(c2ccc(C)cc2)=C(N2CCN(CCO)CC2)C1=O. The summed E-state index contributed by atoms with van der Waals surface area (Å²) >= 11 is 0. The molecule has 0 aliphatic carbocycles. The summed E-state index contributed by atoms with van der Waals surface area (Å²) in [6.07, 6.45) is 0.